The third kappa shape index (κ3) is 3.98. The molecule has 1 fully saturated rings. The van der Waals surface area contributed by atoms with Crippen molar-refractivity contribution in [2.24, 2.45) is 5.92 Å². The second-order valence-corrected chi connectivity index (χ2v) is 7.62. The van der Waals surface area contributed by atoms with Gasteiger partial charge in [0.05, 0.1) is 11.5 Å². The van der Waals surface area contributed by atoms with Gasteiger partial charge in [0, 0.05) is 25.2 Å². The Balaban J connectivity index is 1.62. The molecule has 0 radical (unpaired) electrons. The molecule has 0 bridgehead atoms. The van der Waals surface area contributed by atoms with Crippen LogP contribution < -0.4 is 21.1 Å². The lowest BCUT2D eigenvalue weighted by Gasteiger charge is -2.31. The quantitative estimate of drug-likeness (QED) is 0.734. The molecule has 0 unspecified atom stereocenters. The number of nitrogens with zero attached hydrogens (tertiary/aromatic N) is 2. The minimum Gasteiger partial charge on any atom is -0.342 e. The molecule has 1 aromatic carbocycles. The maximum atomic E-state index is 13.1. The van der Waals surface area contributed by atoms with E-state index in [1.165, 1.54) is 24.3 Å². The predicted molar refractivity (Wildman–Crippen MR) is 106 cm³/mol. The van der Waals surface area contributed by atoms with Crippen LogP contribution in [0.3, 0.4) is 0 Å². The number of halogens is 1. The summed E-state index contributed by atoms with van der Waals surface area (Å²) in [6.07, 6.45) is 1.83. The maximum absolute atomic E-state index is 13.1. The Morgan fingerprint density at radius 1 is 1.21 bits per heavy atom. The van der Waals surface area contributed by atoms with Crippen LogP contribution in [-0.4, -0.2) is 34.9 Å². The van der Waals surface area contributed by atoms with Crippen molar-refractivity contribution in [2.75, 3.05) is 28.6 Å². The zero-order chi connectivity index (χ0) is 20.5. The average Bonchev–Trinajstić information content (AvgIpc) is 2.69. The third-order valence-electron chi connectivity index (χ3n) is 5.45. The van der Waals surface area contributed by atoms with E-state index < -0.39 is 23.2 Å². The van der Waals surface area contributed by atoms with Crippen molar-refractivity contribution in [1.82, 2.24) is 9.97 Å². The Hall–Kier alpha value is -3.23. The predicted octanol–water partition coefficient (Wildman–Crippen LogP) is 2.21. The highest BCUT2D eigenvalue weighted by molar-refractivity contribution is 6.04. The number of rotatable bonds is 3. The van der Waals surface area contributed by atoms with Crippen LogP contribution in [0.15, 0.2) is 29.1 Å². The zero-order valence-corrected chi connectivity index (χ0v) is 16.0. The molecule has 2 aromatic rings. The average molecular weight is 399 g/mol. The Morgan fingerprint density at radius 3 is 2.59 bits per heavy atom. The Labute approximate surface area is 166 Å². The van der Waals surface area contributed by atoms with Gasteiger partial charge in [-0.15, -0.1) is 0 Å². The fraction of sp³-hybridized carbons (Fsp3) is 0.400. The number of aromatic amines is 1. The third-order valence-corrected chi connectivity index (χ3v) is 5.45. The molecule has 0 aliphatic carbocycles. The Bertz CT molecular complexity index is 996. The van der Waals surface area contributed by atoms with Gasteiger partial charge in [-0.25, -0.2) is 4.39 Å². The summed E-state index contributed by atoms with van der Waals surface area (Å²) in [6.45, 7) is 3.72. The van der Waals surface area contributed by atoms with Gasteiger partial charge in [-0.1, -0.05) is 6.92 Å². The molecule has 3 heterocycles. The van der Waals surface area contributed by atoms with Crippen LogP contribution in [0, 0.1) is 11.7 Å². The molecule has 152 valence electrons. The van der Waals surface area contributed by atoms with E-state index in [1.54, 1.807) is 0 Å². The monoisotopic (exact) mass is 399 g/mol. The van der Waals surface area contributed by atoms with Crippen LogP contribution in [-0.2, 0) is 9.59 Å². The van der Waals surface area contributed by atoms with Crippen molar-refractivity contribution in [1.29, 1.82) is 0 Å². The summed E-state index contributed by atoms with van der Waals surface area (Å²) in [6, 6.07) is 5.27. The molecule has 0 spiro atoms. The van der Waals surface area contributed by atoms with Gasteiger partial charge in [0.15, 0.2) is 0 Å². The molecule has 2 aliphatic rings. The summed E-state index contributed by atoms with van der Waals surface area (Å²) in [7, 11) is 0. The topological polar surface area (TPSA) is 107 Å². The number of piperidine rings is 1. The number of amides is 2. The lowest BCUT2D eigenvalue weighted by Crippen LogP contribution is -2.39. The molecule has 2 amide bonds. The highest BCUT2D eigenvalue weighted by atomic mass is 19.1. The molecule has 8 nitrogen and oxygen atoms in total. The first-order chi connectivity index (χ1) is 13.9. The summed E-state index contributed by atoms with van der Waals surface area (Å²) in [5.41, 5.74) is 0.0774. The standard InChI is InChI=1S/C20H22FN5O3/c1-11-6-8-26(9-7-11)20-24-17-16(19(29)25-20)14(10-15(27)23-17)18(28)22-13-4-2-12(21)3-5-13/h2-5,11,14H,6-10H2,1H3,(H,22,28)(H2,23,24,25,27,29)/t14-/m1/s1. The van der Waals surface area contributed by atoms with Gasteiger partial charge in [0.1, 0.15) is 11.6 Å². The van der Waals surface area contributed by atoms with Crippen LogP contribution in [0.5, 0.6) is 0 Å². The lowest BCUT2D eigenvalue weighted by atomic mass is 9.92. The van der Waals surface area contributed by atoms with Crippen LogP contribution in [0.2, 0.25) is 0 Å². The van der Waals surface area contributed by atoms with Gasteiger partial charge in [-0.05, 0) is 43.0 Å². The number of aromatic nitrogens is 2. The number of fused-ring (bicyclic) bond motifs is 1. The first kappa shape index (κ1) is 19.1. The van der Waals surface area contributed by atoms with Crippen LogP contribution in [0.25, 0.3) is 0 Å². The van der Waals surface area contributed by atoms with Gasteiger partial charge in [-0.3, -0.25) is 19.4 Å². The van der Waals surface area contributed by atoms with Gasteiger partial charge in [0.25, 0.3) is 5.56 Å². The lowest BCUT2D eigenvalue weighted by molar-refractivity contribution is -0.123. The van der Waals surface area contributed by atoms with Crippen molar-refractivity contribution >= 4 is 29.3 Å². The van der Waals surface area contributed by atoms with Crippen LogP contribution in [0.4, 0.5) is 21.8 Å². The van der Waals surface area contributed by atoms with Crippen molar-refractivity contribution in [2.45, 2.75) is 32.1 Å². The first-order valence-corrected chi connectivity index (χ1v) is 9.66. The van der Waals surface area contributed by atoms with Gasteiger partial charge in [0.2, 0.25) is 17.8 Å². The second-order valence-electron chi connectivity index (χ2n) is 7.62. The van der Waals surface area contributed by atoms with E-state index in [4.69, 9.17) is 0 Å². The fourth-order valence-corrected chi connectivity index (χ4v) is 3.72. The molecule has 4 rings (SSSR count). The number of carbonyl (C=O) groups excluding carboxylic acids is 2. The van der Waals surface area contributed by atoms with Crippen molar-refractivity contribution in [3.05, 3.63) is 46.0 Å². The van der Waals surface area contributed by atoms with E-state index in [2.05, 4.69) is 27.5 Å². The first-order valence-electron chi connectivity index (χ1n) is 9.66. The van der Waals surface area contributed by atoms with Gasteiger partial charge >= 0.3 is 0 Å². The second kappa shape index (κ2) is 7.65. The minimum atomic E-state index is -0.976. The van der Waals surface area contributed by atoms with Gasteiger partial charge in [-0.2, -0.15) is 4.98 Å². The van der Waals surface area contributed by atoms with Crippen molar-refractivity contribution < 1.29 is 14.0 Å². The van der Waals surface area contributed by atoms with E-state index in [9.17, 15) is 18.8 Å². The Morgan fingerprint density at radius 2 is 1.90 bits per heavy atom. The molecular weight excluding hydrogens is 377 g/mol. The largest absolute Gasteiger partial charge is 0.342 e. The van der Waals surface area contributed by atoms with E-state index in [0.29, 0.717) is 17.6 Å². The van der Waals surface area contributed by atoms with Crippen molar-refractivity contribution in [3.8, 4) is 0 Å². The number of H-pyrrole nitrogens is 1. The van der Waals surface area contributed by atoms with E-state index >= 15 is 0 Å². The van der Waals surface area contributed by atoms with Crippen LogP contribution in [0.1, 0.15) is 37.7 Å². The number of anilines is 3. The smallest absolute Gasteiger partial charge is 0.258 e. The molecule has 9 heteroatoms. The zero-order valence-electron chi connectivity index (χ0n) is 16.0. The molecule has 1 saturated heterocycles. The van der Waals surface area contributed by atoms with Crippen LogP contribution >= 0.6 is 0 Å². The fourth-order valence-electron chi connectivity index (χ4n) is 3.72. The SMILES string of the molecule is CC1CCN(c2nc3c(c(=O)[nH]2)[C@H](C(=O)Nc2ccc(F)cc2)CC(=O)N3)CC1. The van der Waals surface area contributed by atoms with Crippen molar-refractivity contribution in [3.63, 3.8) is 0 Å². The molecular formula is C20H22FN5O3. The maximum Gasteiger partial charge on any atom is 0.258 e. The summed E-state index contributed by atoms with van der Waals surface area (Å²) in [5.74, 6) is -1.15. The summed E-state index contributed by atoms with van der Waals surface area (Å²) < 4.78 is 13.1. The number of benzene rings is 1. The highest BCUT2D eigenvalue weighted by Gasteiger charge is 2.35. The number of hydrogen-bond acceptors (Lipinski definition) is 5. The van der Waals surface area contributed by atoms with E-state index in [-0.39, 0.29) is 23.7 Å². The summed E-state index contributed by atoms with van der Waals surface area (Å²) >= 11 is 0. The molecule has 2 aliphatic heterocycles. The molecule has 29 heavy (non-hydrogen) atoms. The normalized spacial score (nSPS) is 19.4. The summed E-state index contributed by atoms with van der Waals surface area (Å²) in [4.78, 5) is 46.9. The number of carbonyl (C=O) groups is 2. The Kier molecular flexibility index (Phi) is 5.04. The molecule has 1 atom stereocenters. The van der Waals surface area contributed by atoms with E-state index in [0.717, 1.165) is 25.9 Å². The molecule has 3 N–H and O–H groups in total. The molecule has 1 aromatic heterocycles. The summed E-state index contributed by atoms with van der Waals surface area (Å²) in [5, 5.41) is 5.25. The van der Waals surface area contributed by atoms with E-state index in [1.807, 2.05) is 4.90 Å². The number of hydrogen-bond donors (Lipinski definition) is 3. The molecule has 0 saturated carbocycles. The highest BCUT2D eigenvalue weighted by Crippen LogP contribution is 2.31. The number of nitrogens with one attached hydrogen (secondary N) is 3. The minimum absolute atomic E-state index is 0.123. The van der Waals surface area contributed by atoms with Gasteiger partial charge < -0.3 is 15.5 Å².